The maximum Gasteiger partial charge on any atom is 0.338 e. The van der Waals surface area contributed by atoms with Gasteiger partial charge in [0.05, 0.1) is 17.3 Å². The van der Waals surface area contributed by atoms with E-state index in [0.29, 0.717) is 5.95 Å². The first-order chi connectivity index (χ1) is 14.1. The largest absolute Gasteiger partial charge is 0.478 e. The quantitative estimate of drug-likeness (QED) is 0.686. The van der Waals surface area contributed by atoms with Crippen molar-refractivity contribution >= 4 is 28.4 Å². The Morgan fingerprint density at radius 3 is 2.55 bits per heavy atom. The fraction of sp³-hybridized carbons (Fsp3) is 0.429. The third-order valence-electron chi connectivity index (χ3n) is 5.47. The molecule has 0 bridgehead atoms. The molecule has 152 valence electrons. The Labute approximate surface area is 169 Å². The number of aromatic nitrogens is 4. The first-order valence-electron chi connectivity index (χ1n) is 10.2. The van der Waals surface area contributed by atoms with Crippen molar-refractivity contribution in [2.24, 2.45) is 0 Å². The van der Waals surface area contributed by atoms with Gasteiger partial charge in [-0.2, -0.15) is 10.1 Å². The minimum Gasteiger partial charge on any atom is -0.478 e. The predicted molar refractivity (Wildman–Crippen MR) is 113 cm³/mol. The second-order valence-electron chi connectivity index (χ2n) is 7.25. The average Bonchev–Trinajstić information content (AvgIpc) is 3.25. The highest BCUT2D eigenvalue weighted by molar-refractivity contribution is 5.93. The maximum atomic E-state index is 11.2. The van der Waals surface area contributed by atoms with E-state index in [1.54, 1.807) is 0 Å². The lowest BCUT2D eigenvalue weighted by Crippen LogP contribution is -2.29. The molecular weight excluding hydrogens is 368 g/mol. The Bertz CT molecular complexity index is 1020. The van der Waals surface area contributed by atoms with Gasteiger partial charge < -0.3 is 14.9 Å². The Balaban J connectivity index is 1.83. The number of carboxylic acid groups (broad SMARTS) is 1. The number of fused-ring (bicyclic) bond motifs is 1. The first kappa shape index (κ1) is 19.2. The zero-order valence-corrected chi connectivity index (χ0v) is 16.9. The topological polar surface area (TPSA) is 87.4 Å². The number of carboxylic acids is 1. The Morgan fingerprint density at radius 2 is 1.90 bits per heavy atom. The third-order valence-corrected chi connectivity index (χ3v) is 5.47. The van der Waals surface area contributed by atoms with Crippen LogP contribution in [0.5, 0.6) is 0 Å². The van der Waals surface area contributed by atoms with E-state index in [9.17, 15) is 9.90 Å². The van der Waals surface area contributed by atoms with Crippen LogP contribution in [0.1, 0.15) is 43.5 Å². The van der Waals surface area contributed by atoms with Crippen molar-refractivity contribution in [2.45, 2.75) is 33.1 Å². The van der Waals surface area contributed by atoms with E-state index in [0.717, 1.165) is 42.9 Å². The molecule has 8 heteroatoms. The van der Waals surface area contributed by atoms with Crippen LogP contribution in [0.15, 0.2) is 30.6 Å². The molecule has 1 aromatic carbocycles. The van der Waals surface area contributed by atoms with Crippen LogP contribution in [0.2, 0.25) is 0 Å². The highest BCUT2D eigenvalue weighted by Crippen LogP contribution is 2.30. The number of hydrogen-bond acceptors (Lipinski definition) is 6. The molecule has 8 nitrogen and oxygen atoms in total. The highest BCUT2D eigenvalue weighted by atomic mass is 16.4. The molecule has 1 aliphatic heterocycles. The molecule has 0 radical (unpaired) electrons. The van der Waals surface area contributed by atoms with Gasteiger partial charge in [-0.05, 0) is 51.3 Å². The number of nitrogens with zero attached hydrogens (tertiary/aromatic N) is 6. The second kappa shape index (κ2) is 8.06. The van der Waals surface area contributed by atoms with Gasteiger partial charge >= 0.3 is 5.97 Å². The molecule has 0 unspecified atom stereocenters. The number of aromatic carboxylic acids is 1. The van der Waals surface area contributed by atoms with Crippen LogP contribution >= 0.6 is 0 Å². The van der Waals surface area contributed by atoms with Gasteiger partial charge in [-0.15, -0.1) is 0 Å². The van der Waals surface area contributed by atoms with Crippen molar-refractivity contribution in [2.75, 3.05) is 36.0 Å². The smallest absolute Gasteiger partial charge is 0.338 e. The number of carbonyl (C=O) groups is 1. The van der Waals surface area contributed by atoms with Crippen molar-refractivity contribution in [3.8, 4) is 5.95 Å². The SMILES string of the molecule is CCN(CC)c1nc(-n2cc(C(=O)O)cn2)nc2ccc(N3CCCCC3)cc12. The zero-order chi connectivity index (χ0) is 20.4. The summed E-state index contributed by atoms with van der Waals surface area (Å²) in [5.74, 6) is 0.200. The summed E-state index contributed by atoms with van der Waals surface area (Å²) in [5.41, 5.74) is 2.14. The molecule has 3 heterocycles. The maximum absolute atomic E-state index is 11.2. The summed E-state index contributed by atoms with van der Waals surface area (Å²) in [5, 5.41) is 14.3. The van der Waals surface area contributed by atoms with Crippen molar-refractivity contribution in [3.63, 3.8) is 0 Å². The van der Waals surface area contributed by atoms with Crippen LogP contribution in [0, 0.1) is 0 Å². The van der Waals surface area contributed by atoms with Gasteiger partial charge in [0.15, 0.2) is 0 Å². The van der Waals surface area contributed by atoms with E-state index in [1.165, 1.54) is 42.0 Å². The highest BCUT2D eigenvalue weighted by Gasteiger charge is 2.18. The first-order valence-corrected chi connectivity index (χ1v) is 10.2. The van der Waals surface area contributed by atoms with Crippen molar-refractivity contribution in [1.82, 2.24) is 19.7 Å². The van der Waals surface area contributed by atoms with Crippen LogP contribution in [0.3, 0.4) is 0 Å². The van der Waals surface area contributed by atoms with E-state index in [-0.39, 0.29) is 5.56 Å². The molecule has 3 aromatic rings. The summed E-state index contributed by atoms with van der Waals surface area (Å²) in [6.45, 7) is 7.99. The zero-order valence-electron chi connectivity index (χ0n) is 16.9. The van der Waals surface area contributed by atoms with Gasteiger partial charge in [0, 0.05) is 43.4 Å². The van der Waals surface area contributed by atoms with Gasteiger partial charge in [-0.25, -0.2) is 14.5 Å². The molecule has 0 aliphatic carbocycles. The fourth-order valence-electron chi connectivity index (χ4n) is 3.85. The number of benzene rings is 1. The van der Waals surface area contributed by atoms with Crippen LogP contribution in [0.25, 0.3) is 16.9 Å². The van der Waals surface area contributed by atoms with E-state index in [2.05, 4.69) is 45.9 Å². The number of anilines is 2. The molecule has 0 atom stereocenters. The van der Waals surface area contributed by atoms with Gasteiger partial charge in [-0.1, -0.05) is 0 Å². The average molecular weight is 394 g/mol. The van der Waals surface area contributed by atoms with Crippen molar-refractivity contribution < 1.29 is 9.90 Å². The van der Waals surface area contributed by atoms with Crippen LogP contribution < -0.4 is 9.80 Å². The Morgan fingerprint density at radius 1 is 1.14 bits per heavy atom. The Hall–Kier alpha value is -3.16. The van der Waals surface area contributed by atoms with Crippen LogP contribution in [-0.4, -0.2) is 57.0 Å². The summed E-state index contributed by atoms with van der Waals surface area (Å²) in [6, 6.07) is 6.32. The lowest BCUT2D eigenvalue weighted by molar-refractivity contribution is 0.0697. The molecule has 0 amide bonds. The van der Waals surface area contributed by atoms with Gasteiger partial charge in [0.2, 0.25) is 0 Å². The molecule has 0 spiro atoms. The van der Waals surface area contributed by atoms with E-state index < -0.39 is 5.97 Å². The van der Waals surface area contributed by atoms with Crippen LogP contribution in [0.4, 0.5) is 11.5 Å². The predicted octanol–water partition coefficient (Wildman–Crippen LogP) is 3.35. The molecule has 1 N–H and O–H groups in total. The molecule has 29 heavy (non-hydrogen) atoms. The minimum atomic E-state index is -1.02. The lowest BCUT2D eigenvalue weighted by atomic mass is 10.1. The normalized spacial score (nSPS) is 14.3. The monoisotopic (exact) mass is 394 g/mol. The Kier molecular flexibility index (Phi) is 5.33. The molecule has 2 aromatic heterocycles. The molecule has 0 saturated carbocycles. The summed E-state index contributed by atoms with van der Waals surface area (Å²) < 4.78 is 1.43. The van der Waals surface area contributed by atoms with Gasteiger partial charge in [-0.3, -0.25) is 0 Å². The molecule has 1 aliphatic rings. The fourth-order valence-corrected chi connectivity index (χ4v) is 3.85. The standard InChI is InChI=1S/C21H26N6O2/c1-3-25(4-2)19-17-12-16(26-10-6-5-7-11-26)8-9-18(17)23-21(24-19)27-14-15(13-22-27)20(28)29/h8-9,12-14H,3-7,10-11H2,1-2H3,(H,28,29). The molecule has 1 fully saturated rings. The van der Waals surface area contributed by atoms with E-state index in [1.807, 2.05) is 6.07 Å². The van der Waals surface area contributed by atoms with Gasteiger partial charge in [0.25, 0.3) is 5.95 Å². The molecule has 4 rings (SSSR count). The summed E-state index contributed by atoms with van der Waals surface area (Å²) >= 11 is 0. The van der Waals surface area contributed by atoms with Crippen LogP contribution in [-0.2, 0) is 0 Å². The van der Waals surface area contributed by atoms with Crippen molar-refractivity contribution in [1.29, 1.82) is 0 Å². The third kappa shape index (κ3) is 3.74. The number of piperidine rings is 1. The summed E-state index contributed by atoms with van der Waals surface area (Å²) in [7, 11) is 0. The summed E-state index contributed by atoms with van der Waals surface area (Å²) in [4.78, 5) is 25.3. The molecular formula is C21H26N6O2. The molecule has 1 saturated heterocycles. The second-order valence-corrected chi connectivity index (χ2v) is 7.25. The van der Waals surface area contributed by atoms with E-state index in [4.69, 9.17) is 4.98 Å². The van der Waals surface area contributed by atoms with Gasteiger partial charge in [0.1, 0.15) is 5.82 Å². The number of rotatable bonds is 6. The number of hydrogen-bond donors (Lipinski definition) is 1. The summed E-state index contributed by atoms with van der Waals surface area (Å²) in [6.07, 6.45) is 6.50. The van der Waals surface area contributed by atoms with E-state index >= 15 is 0 Å². The lowest BCUT2D eigenvalue weighted by Gasteiger charge is -2.29. The van der Waals surface area contributed by atoms with Crippen molar-refractivity contribution in [3.05, 3.63) is 36.2 Å². The minimum absolute atomic E-state index is 0.110.